The molecule has 0 N–H and O–H groups in total. The summed E-state index contributed by atoms with van der Waals surface area (Å²) < 4.78 is 23.1. The summed E-state index contributed by atoms with van der Waals surface area (Å²) in [6, 6.07) is 7.60. The Morgan fingerprint density at radius 1 is 1.32 bits per heavy atom. The zero-order valence-corrected chi connectivity index (χ0v) is 15.1. The van der Waals surface area contributed by atoms with Crippen molar-refractivity contribution in [3.05, 3.63) is 29.8 Å². The summed E-state index contributed by atoms with van der Waals surface area (Å²) in [5.41, 5.74) is 2.06. The highest BCUT2D eigenvalue weighted by Crippen LogP contribution is 2.17. The number of sulfone groups is 1. The predicted molar refractivity (Wildman–Crippen MR) is 92.5 cm³/mol. The Labute approximate surface area is 146 Å². The van der Waals surface area contributed by atoms with Crippen molar-refractivity contribution < 1.29 is 13.2 Å². The summed E-state index contributed by atoms with van der Waals surface area (Å²) in [6.45, 7) is 2.02. The maximum absolute atomic E-state index is 12.3. The number of likely N-dealkylation sites (N-methyl/N-ethyl adjacent to an activating group) is 1. The van der Waals surface area contributed by atoms with Crippen LogP contribution in [-0.2, 0) is 27.6 Å². The average Bonchev–Trinajstić information content (AvgIpc) is 3.20. The van der Waals surface area contributed by atoms with Gasteiger partial charge in [0.25, 0.3) is 0 Å². The lowest BCUT2D eigenvalue weighted by Crippen LogP contribution is -2.40. The van der Waals surface area contributed by atoms with Crippen LogP contribution in [0.2, 0.25) is 0 Å². The summed E-state index contributed by atoms with van der Waals surface area (Å²) in [7, 11) is -1.41. The van der Waals surface area contributed by atoms with E-state index in [0.717, 1.165) is 12.0 Å². The van der Waals surface area contributed by atoms with E-state index in [9.17, 15) is 13.2 Å². The quantitative estimate of drug-likeness (QED) is 0.769. The molecule has 25 heavy (non-hydrogen) atoms. The molecule has 1 amide bonds. The van der Waals surface area contributed by atoms with Crippen molar-refractivity contribution in [3.8, 4) is 11.4 Å². The van der Waals surface area contributed by atoms with Crippen molar-refractivity contribution in [2.75, 3.05) is 18.6 Å². The number of carbonyl (C=O) groups excluding carboxylic acids is 1. The third-order valence-corrected chi connectivity index (χ3v) is 6.25. The van der Waals surface area contributed by atoms with Crippen LogP contribution in [0.1, 0.15) is 18.9 Å². The molecule has 0 saturated carbocycles. The van der Waals surface area contributed by atoms with E-state index in [1.165, 1.54) is 15.3 Å². The molecule has 1 atom stereocenters. The second-order valence-electron chi connectivity index (χ2n) is 6.26. The van der Waals surface area contributed by atoms with Gasteiger partial charge in [-0.15, -0.1) is 10.2 Å². The maximum atomic E-state index is 12.3. The van der Waals surface area contributed by atoms with Crippen molar-refractivity contribution in [3.63, 3.8) is 0 Å². The van der Waals surface area contributed by atoms with Crippen LogP contribution in [-0.4, -0.2) is 64.0 Å². The van der Waals surface area contributed by atoms with Gasteiger partial charge in [-0.25, -0.2) is 8.42 Å². The molecule has 9 heteroatoms. The normalized spacial score (nSPS) is 19.0. The van der Waals surface area contributed by atoms with E-state index < -0.39 is 9.84 Å². The van der Waals surface area contributed by atoms with Gasteiger partial charge in [0.1, 0.15) is 6.54 Å². The van der Waals surface area contributed by atoms with Gasteiger partial charge >= 0.3 is 0 Å². The lowest BCUT2D eigenvalue weighted by Gasteiger charge is -2.22. The van der Waals surface area contributed by atoms with E-state index in [4.69, 9.17) is 0 Å². The molecule has 1 fully saturated rings. The van der Waals surface area contributed by atoms with Crippen molar-refractivity contribution in [2.45, 2.75) is 32.4 Å². The molecule has 2 aromatic rings. The standard InChI is InChI=1S/C16H21N5O3S/c1-3-12-4-6-13(7-5-12)16-17-19-21(18-16)10-15(22)20(2)14-8-9-25(23,24)11-14/h4-7,14H,3,8-11H2,1-2H3/t14-/m1/s1. The van der Waals surface area contributed by atoms with E-state index in [1.807, 2.05) is 24.3 Å². The molecular formula is C16H21N5O3S. The zero-order chi connectivity index (χ0) is 18.0. The number of carbonyl (C=O) groups is 1. The van der Waals surface area contributed by atoms with Crippen LogP contribution in [0.3, 0.4) is 0 Å². The number of hydrogen-bond acceptors (Lipinski definition) is 6. The minimum atomic E-state index is -3.03. The highest BCUT2D eigenvalue weighted by molar-refractivity contribution is 7.91. The van der Waals surface area contributed by atoms with Crippen LogP contribution in [0, 0.1) is 0 Å². The van der Waals surface area contributed by atoms with Crippen LogP contribution in [0.25, 0.3) is 11.4 Å². The number of hydrogen-bond donors (Lipinski definition) is 0. The van der Waals surface area contributed by atoms with Gasteiger partial charge in [0, 0.05) is 18.7 Å². The molecule has 8 nitrogen and oxygen atoms in total. The summed E-state index contributed by atoms with van der Waals surface area (Å²) in [6.07, 6.45) is 1.43. The van der Waals surface area contributed by atoms with Crippen LogP contribution in [0.5, 0.6) is 0 Å². The van der Waals surface area contributed by atoms with Gasteiger partial charge in [0.15, 0.2) is 9.84 Å². The Kier molecular flexibility index (Phi) is 4.85. The Hall–Kier alpha value is -2.29. The highest BCUT2D eigenvalue weighted by Gasteiger charge is 2.32. The van der Waals surface area contributed by atoms with Gasteiger partial charge in [0.05, 0.1) is 11.5 Å². The minimum Gasteiger partial charge on any atom is -0.340 e. The molecule has 1 aromatic heterocycles. The maximum Gasteiger partial charge on any atom is 0.246 e. The summed E-state index contributed by atoms with van der Waals surface area (Å²) in [4.78, 5) is 15.1. The Bertz CT molecular complexity index is 860. The number of nitrogens with zero attached hydrogens (tertiary/aromatic N) is 5. The van der Waals surface area contributed by atoms with Gasteiger partial charge < -0.3 is 4.90 Å². The average molecular weight is 363 g/mol. The number of benzene rings is 1. The highest BCUT2D eigenvalue weighted by atomic mass is 32.2. The first-order valence-corrected chi connectivity index (χ1v) is 10.0. The largest absolute Gasteiger partial charge is 0.340 e. The van der Waals surface area contributed by atoms with Crippen molar-refractivity contribution in [1.29, 1.82) is 0 Å². The molecule has 1 aliphatic heterocycles. The lowest BCUT2D eigenvalue weighted by molar-refractivity contribution is -0.132. The number of aromatic nitrogens is 4. The lowest BCUT2D eigenvalue weighted by atomic mass is 10.1. The SMILES string of the molecule is CCc1ccc(-c2nnn(CC(=O)N(C)[C@@H]3CCS(=O)(=O)C3)n2)cc1. The molecular weight excluding hydrogens is 342 g/mol. The summed E-state index contributed by atoms with van der Waals surface area (Å²) in [5.74, 6) is 0.387. The third-order valence-electron chi connectivity index (χ3n) is 4.50. The van der Waals surface area contributed by atoms with E-state index >= 15 is 0 Å². The van der Waals surface area contributed by atoms with Gasteiger partial charge in [-0.3, -0.25) is 4.79 Å². The second-order valence-corrected chi connectivity index (χ2v) is 8.48. The second kappa shape index (κ2) is 6.91. The molecule has 134 valence electrons. The minimum absolute atomic E-state index is 0.0229. The Morgan fingerprint density at radius 2 is 2.04 bits per heavy atom. The summed E-state index contributed by atoms with van der Waals surface area (Å²) >= 11 is 0. The number of tetrazole rings is 1. The molecule has 1 aliphatic rings. The topological polar surface area (TPSA) is 98.0 Å². The first-order valence-electron chi connectivity index (χ1n) is 8.21. The monoisotopic (exact) mass is 363 g/mol. The fourth-order valence-corrected chi connectivity index (χ4v) is 4.61. The van der Waals surface area contributed by atoms with E-state index in [0.29, 0.717) is 12.2 Å². The van der Waals surface area contributed by atoms with Crippen molar-refractivity contribution in [1.82, 2.24) is 25.1 Å². The van der Waals surface area contributed by atoms with E-state index in [1.54, 1.807) is 7.05 Å². The molecule has 0 spiro atoms. The van der Waals surface area contributed by atoms with Crippen LogP contribution < -0.4 is 0 Å². The number of aryl methyl sites for hydroxylation is 1. The van der Waals surface area contributed by atoms with Crippen LogP contribution in [0.4, 0.5) is 0 Å². The molecule has 3 rings (SSSR count). The molecule has 1 aromatic carbocycles. The van der Waals surface area contributed by atoms with Gasteiger partial charge in [-0.1, -0.05) is 31.2 Å². The molecule has 0 aliphatic carbocycles. The van der Waals surface area contributed by atoms with Crippen molar-refractivity contribution >= 4 is 15.7 Å². The molecule has 2 heterocycles. The Balaban J connectivity index is 1.65. The number of rotatable bonds is 5. The van der Waals surface area contributed by atoms with Crippen LogP contribution >= 0.6 is 0 Å². The smallest absolute Gasteiger partial charge is 0.246 e. The van der Waals surface area contributed by atoms with Gasteiger partial charge in [-0.05, 0) is 23.6 Å². The molecule has 0 bridgehead atoms. The molecule has 0 radical (unpaired) electrons. The molecule has 0 unspecified atom stereocenters. The first-order chi connectivity index (χ1) is 11.9. The zero-order valence-electron chi connectivity index (χ0n) is 14.3. The number of amides is 1. The first kappa shape index (κ1) is 17.5. The van der Waals surface area contributed by atoms with Crippen LogP contribution in [0.15, 0.2) is 24.3 Å². The van der Waals surface area contributed by atoms with Gasteiger partial charge in [0.2, 0.25) is 11.7 Å². The Morgan fingerprint density at radius 3 is 2.64 bits per heavy atom. The van der Waals surface area contributed by atoms with Gasteiger partial charge in [-0.2, -0.15) is 4.80 Å². The fraction of sp³-hybridized carbons (Fsp3) is 0.500. The van der Waals surface area contributed by atoms with Crippen molar-refractivity contribution in [2.24, 2.45) is 0 Å². The van der Waals surface area contributed by atoms with E-state index in [-0.39, 0.29) is 30.0 Å². The van der Waals surface area contributed by atoms with E-state index in [2.05, 4.69) is 22.3 Å². The summed E-state index contributed by atoms with van der Waals surface area (Å²) in [5, 5.41) is 12.2. The predicted octanol–water partition coefficient (Wildman–Crippen LogP) is 0.548. The molecule has 1 saturated heterocycles. The third kappa shape index (κ3) is 4.04. The fourth-order valence-electron chi connectivity index (χ4n) is 2.83.